The maximum atomic E-state index is 14.6. The molecule has 1 N–H and O–H groups in total. The highest BCUT2D eigenvalue weighted by Gasteiger charge is 2.30. The summed E-state index contributed by atoms with van der Waals surface area (Å²) in [5.74, 6) is -1.22. The number of rotatable bonds is 7. The van der Waals surface area contributed by atoms with E-state index >= 15 is 0 Å². The van der Waals surface area contributed by atoms with Crippen LogP contribution in [0.1, 0.15) is 16.1 Å². The van der Waals surface area contributed by atoms with Crippen LogP contribution in [0.25, 0.3) is 22.0 Å². The van der Waals surface area contributed by atoms with Crippen molar-refractivity contribution in [2.24, 2.45) is 0 Å². The SMILES string of the molecule is CN1CCN(Cc2nc(-c3ccc(C(F)(F)F)cc3)sc2COc2ccc(-c3noc(=O)[nH]3)c(F)c2)CC1. The van der Waals surface area contributed by atoms with Crippen LogP contribution in [0.3, 0.4) is 0 Å². The number of aromatic amines is 1. The molecule has 0 saturated carbocycles. The van der Waals surface area contributed by atoms with Gasteiger partial charge in [0.25, 0.3) is 0 Å². The molecule has 0 amide bonds. The van der Waals surface area contributed by atoms with Crippen LogP contribution in [0.5, 0.6) is 5.75 Å². The fourth-order valence-corrected chi connectivity index (χ4v) is 5.02. The minimum Gasteiger partial charge on any atom is -0.488 e. The van der Waals surface area contributed by atoms with E-state index in [4.69, 9.17) is 9.72 Å². The molecule has 1 aliphatic rings. The van der Waals surface area contributed by atoms with Gasteiger partial charge >= 0.3 is 11.9 Å². The first-order chi connectivity index (χ1) is 18.2. The number of halogens is 4. The first-order valence-corrected chi connectivity index (χ1v) is 12.5. The molecule has 0 spiro atoms. The number of ether oxygens (including phenoxy) is 1. The first kappa shape index (κ1) is 26.1. The predicted molar refractivity (Wildman–Crippen MR) is 132 cm³/mol. The zero-order valence-corrected chi connectivity index (χ0v) is 21.0. The van der Waals surface area contributed by atoms with Gasteiger partial charge in [-0.1, -0.05) is 17.3 Å². The molecule has 1 saturated heterocycles. The topological polar surface area (TPSA) is 87.5 Å². The number of aromatic nitrogens is 3. The van der Waals surface area contributed by atoms with Gasteiger partial charge in [0.2, 0.25) is 0 Å². The Bertz CT molecular complexity index is 1460. The molecule has 8 nitrogen and oxygen atoms in total. The summed E-state index contributed by atoms with van der Waals surface area (Å²) < 4.78 is 63.9. The highest BCUT2D eigenvalue weighted by Crippen LogP contribution is 2.34. The molecule has 200 valence electrons. The van der Waals surface area contributed by atoms with Crippen LogP contribution < -0.4 is 10.5 Å². The van der Waals surface area contributed by atoms with Crippen LogP contribution in [0.15, 0.2) is 51.8 Å². The van der Waals surface area contributed by atoms with Crippen LogP contribution in [-0.4, -0.2) is 58.2 Å². The number of hydrogen-bond acceptors (Lipinski definition) is 8. The minimum absolute atomic E-state index is 0.0304. The van der Waals surface area contributed by atoms with E-state index < -0.39 is 23.3 Å². The van der Waals surface area contributed by atoms with Crippen LogP contribution in [0, 0.1) is 5.82 Å². The van der Waals surface area contributed by atoms with Gasteiger partial charge in [0.05, 0.1) is 21.7 Å². The number of likely N-dealkylation sites (N-methyl/N-ethyl adjacent to an activating group) is 1. The van der Waals surface area contributed by atoms with Crippen molar-refractivity contribution in [3.63, 3.8) is 0 Å². The van der Waals surface area contributed by atoms with Crippen LogP contribution in [0.4, 0.5) is 17.6 Å². The Morgan fingerprint density at radius 1 is 1.11 bits per heavy atom. The third kappa shape index (κ3) is 5.95. The Morgan fingerprint density at radius 2 is 1.84 bits per heavy atom. The quantitative estimate of drug-likeness (QED) is 0.336. The molecule has 0 radical (unpaired) electrons. The van der Waals surface area contributed by atoms with Gasteiger partial charge in [-0.3, -0.25) is 14.4 Å². The second-order valence-corrected chi connectivity index (χ2v) is 10.0. The molecule has 38 heavy (non-hydrogen) atoms. The Balaban J connectivity index is 1.37. The summed E-state index contributed by atoms with van der Waals surface area (Å²) in [6, 6.07) is 9.05. The second kappa shape index (κ2) is 10.7. The molecule has 1 aliphatic heterocycles. The van der Waals surface area contributed by atoms with Crippen molar-refractivity contribution >= 4 is 11.3 Å². The van der Waals surface area contributed by atoms with Crippen molar-refractivity contribution in [1.82, 2.24) is 24.9 Å². The lowest BCUT2D eigenvalue weighted by molar-refractivity contribution is -0.137. The molecule has 2 aromatic heterocycles. The molecular weight excluding hydrogens is 526 g/mol. The van der Waals surface area contributed by atoms with Gasteiger partial charge in [-0.25, -0.2) is 14.2 Å². The average Bonchev–Trinajstić information content (AvgIpc) is 3.50. The second-order valence-electron chi connectivity index (χ2n) is 8.92. The highest BCUT2D eigenvalue weighted by molar-refractivity contribution is 7.15. The predicted octanol–water partition coefficient (Wildman–Crippen LogP) is 4.64. The van der Waals surface area contributed by atoms with E-state index in [1.54, 1.807) is 6.07 Å². The standard InChI is InChI=1S/C25H23F4N5O3S/c1-33-8-10-34(11-9-33)13-20-21(38-23(30-20)15-2-4-16(5-3-15)25(27,28)29)14-36-17-6-7-18(19(26)12-17)22-31-24(35)37-32-22/h2-7,12H,8-11,13-14H2,1H3,(H,31,32,35). The van der Waals surface area contributed by atoms with E-state index in [9.17, 15) is 22.4 Å². The number of hydrogen-bond donors (Lipinski definition) is 1. The number of piperazine rings is 1. The monoisotopic (exact) mass is 549 g/mol. The lowest BCUT2D eigenvalue weighted by Gasteiger charge is -2.32. The van der Waals surface area contributed by atoms with E-state index in [1.165, 1.54) is 35.6 Å². The molecule has 5 rings (SSSR count). The summed E-state index contributed by atoms with van der Waals surface area (Å²) in [4.78, 5) is 23.5. The number of alkyl halides is 3. The number of nitrogens with one attached hydrogen (secondary N) is 1. The van der Waals surface area contributed by atoms with Crippen LogP contribution >= 0.6 is 11.3 Å². The number of nitrogens with zero attached hydrogens (tertiary/aromatic N) is 4. The fraction of sp³-hybridized carbons (Fsp3) is 0.320. The molecule has 0 unspecified atom stereocenters. The van der Waals surface area contributed by atoms with Gasteiger partial charge in [0.1, 0.15) is 23.2 Å². The maximum Gasteiger partial charge on any atom is 0.439 e. The molecular formula is C25H23F4N5O3S. The Hall–Kier alpha value is -3.55. The van der Waals surface area contributed by atoms with Crippen LogP contribution in [0.2, 0.25) is 0 Å². The van der Waals surface area contributed by atoms with Gasteiger partial charge in [-0.05, 0) is 31.3 Å². The number of H-pyrrole nitrogens is 1. The summed E-state index contributed by atoms with van der Waals surface area (Å²) >= 11 is 1.33. The minimum atomic E-state index is -4.42. The van der Waals surface area contributed by atoms with Gasteiger partial charge < -0.3 is 9.64 Å². The van der Waals surface area contributed by atoms with E-state index in [1.807, 2.05) is 0 Å². The molecule has 0 atom stereocenters. The molecule has 0 bridgehead atoms. The fourth-order valence-electron chi connectivity index (χ4n) is 4.04. The van der Waals surface area contributed by atoms with E-state index in [2.05, 4.69) is 31.5 Å². The normalized spacial score (nSPS) is 15.2. The third-order valence-electron chi connectivity index (χ3n) is 6.21. The Kier molecular flexibility index (Phi) is 7.32. The molecule has 13 heteroatoms. The van der Waals surface area contributed by atoms with E-state index in [0.717, 1.165) is 48.9 Å². The Labute approximate surface area is 218 Å². The average molecular weight is 550 g/mol. The van der Waals surface area contributed by atoms with Crippen LogP contribution in [-0.2, 0) is 19.3 Å². The maximum absolute atomic E-state index is 14.6. The summed E-state index contributed by atoms with van der Waals surface area (Å²) in [6.45, 7) is 4.23. The van der Waals surface area contributed by atoms with Gasteiger partial charge in [0.15, 0.2) is 5.82 Å². The molecule has 0 aliphatic carbocycles. The summed E-state index contributed by atoms with van der Waals surface area (Å²) in [5, 5.41) is 4.07. The molecule has 4 aromatic rings. The van der Waals surface area contributed by atoms with Crippen molar-refractivity contribution in [3.8, 4) is 27.7 Å². The molecule has 3 heterocycles. The zero-order chi connectivity index (χ0) is 26.9. The van der Waals surface area contributed by atoms with E-state index in [0.29, 0.717) is 17.1 Å². The van der Waals surface area contributed by atoms with Gasteiger partial charge in [0, 0.05) is 44.4 Å². The first-order valence-electron chi connectivity index (χ1n) is 11.7. The summed E-state index contributed by atoms with van der Waals surface area (Å²) in [6.07, 6.45) is -4.42. The van der Waals surface area contributed by atoms with Gasteiger partial charge in [-0.2, -0.15) is 13.2 Å². The van der Waals surface area contributed by atoms with Crippen molar-refractivity contribution in [3.05, 3.63) is 75.0 Å². The van der Waals surface area contributed by atoms with Crippen molar-refractivity contribution < 1.29 is 26.8 Å². The van der Waals surface area contributed by atoms with E-state index in [-0.39, 0.29) is 23.7 Å². The van der Waals surface area contributed by atoms with Crippen molar-refractivity contribution in [1.29, 1.82) is 0 Å². The van der Waals surface area contributed by atoms with Crippen molar-refractivity contribution in [2.75, 3.05) is 33.2 Å². The lowest BCUT2D eigenvalue weighted by Crippen LogP contribution is -2.44. The highest BCUT2D eigenvalue weighted by atomic mass is 32.1. The van der Waals surface area contributed by atoms with Crippen molar-refractivity contribution in [2.45, 2.75) is 19.3 Å². The smallest absolute Gasteiger partial charge is 0.439 e. The third-order valence-corrected chi connectivity index (χ3v) is 7.33. The zero-order valence-electron chi connectivity index (χ0n) is 20.2. The summed E-state index contributed by atoms with van der Waals surface area (Å²) in [5.41, 5.74) is 0.679. The molecule has 1 fully saturated rings. The Morgan fingerprint density at radius 3 is 2.47 bits per heavy atom. The number of benzene rings is 2. The lowest BCUT2D eigenvalue weighted by atomic mass is 10.1. The summed E-state index contributed by atoms with van der Waals surface area (Å²) in [7, 11) is 2.06. The van der Waals surface area contributed by atoms with Gasteiger partial charge in [-0.15, -0.1) is 11.3 Å². The number of thiazole rings is 1. The molecule has 2 aromatic carbocycles. The largest absolute Gasteiger partial charge is 0.488 e.